The van der Waals surface area contributed by atoms with E-state index < -0.39 is 0 Å². The molecule has 1 heterocycles. The molecule has 1 fully saturated rings. The van der Waals surface area contributed by atoms with Crippen LogP contribution in [0.15, 0.2) is 72.8 Å². The van der Waals surface area contributed by atoms with Gasteiger partial charge in [0.2, 0.25) is 0 Å². The summed E-state index contributed by atoms with van der Waals surface area (Å²) in [5.41, 5.74) is 4.83. The van der Waals surface area contributed by atoms with Gasteiger partial charge < -0.3 is 0 Å². The van der Waals surface area contributed by atoms with Gasteiger partial charge in [-0.2, -0.15) is 0 Å². The molecule has 0 amide bonds. The number of aromatic nitrogens is 2. The Morgan fingerprint density at radius 2 is 1.58 bits per heavy atom. The Bertz CT molecular complexity index is 916. The number of allylic oxidation sites excluding steroid dienone is 4. The first kappa shape index (κ1) is 18.2. The van der Waals surface area contributed by atoms with Crippen LogP contribution < -0.4 is 0 Å². The summed E-state index contributed by atoms with van der Waals surface area (Å²) in [4.78, 5) is 4.91. The highest BCUT2D eigenvalue weighted by Gasteiger charge is 2.41. The van der Waals surface area contributed by atoms with Gasteiger partial charge in [-0.3, -0.25) is 4.57 Å². The second kappa shape index (κ2) is 8.18. The van der Waals surface area contributed by atoms with Crippen molar-refractivity contribution >= 4 is 16.7 Å². The normalized spacial score (nSPS) is 19.5. The summed E-state index contributed by atoms with van der Waals surface area (Å²) >= 11 is 0. The van der Waals surface area contributed by atoms with Crippen LogP contribution in [-0.4, -0.2) is 9.55 Å². The van der Waals surface area contributed by atoms with Crippen LogP contribution in [0.25, 0.3) is 28.1 Å². The average Bonchev–Trinajstić information content (AvgIpc) is 3.44. The zero-order valence-electron chi connectivity index (χ0n) is 16.2. The molecule has 0 spiro atoms. The molecule has 134 valence electrons. The molecule has 2 atom stereocenters. The van der Waals surface area contributed by atoms with E-state index in [1.54, 1.807) is 0 Å². The fourth-order valence-corrected chi connectivity index (χ4v) is 3.50. The van der Waals surface area contributed by atoms with Gasteiger partial charge in [-0.25, -0.2) is 4.98 Å². The Labute approximate surface area is 156 Å². The first-order chi connectivity index (χ1) is 12.9. The van der Waals surface area contributed by atoms with Crippen LogP contribution in [0, 0.1) is 11.8 Å². The molecule has 0 N–H and O–H groups in total. The highest BCUT2D eigenvalue weighted by Crippen LogP contribution is 2.50. The third-order valence-electron chi connectivity index (χ3n) is 4.70. The van der Waals surface area contributed by atoms with Gasteiger partial charge in [-0.05, 0) is 30.5 Å². The van der Waals surface area contributed by atoms with Crippen molar-refractivity contribution < 1.29 is 0 Å². The first-order valence-electron chi connectivity index (χ1n) is 9.83. The molecule has 0 aliphatic heterocycles. The number of rotatable bonds is 2. The maximum absolute atomic E-state index is 4.91. The van der Waals surface area contributed by atoms with E-state index in [1.807, 2.05) is 27.7 Å². The van der Waals surface area contributed by atoms with Crippen LogP contribution in [0.2, 0.25) is 0 Å². The van der Waals surface area contributed by atoms with Gasteiger partial charge in [0.25, 0.3) is 0 Å². The third kappa shape index (κ3) is 3.24. The van der Waals surface area contributed by atoms with E-state index in [4.69, 9.17) is 4.98 Å². The lowest BCUT2D eigenvalue weighted by Gasteiger charge is -2.15. The Morgan fingerprint density at radius 1 is 0.885 bits per heavy atom. The predicted molar refractivity (Wildman–Crippen MR) is 113 cm³/mol. The number of imidazole rings is 1. The summed E-state index contributed by atoms with van der Waals surface area (Å²) in [6.45, 7) is 8.00. The van der Waals surface area contributed by atoms with E-state index in [0.717, 1.165) is 17.3 Å². The van der Waals surface area contributed by atoms with Crippen molar-refractivity contribution in [2.75, 3.05) is 0 Å². The molecule has 2 aliphatic rings. The molecular weight excluding hydrogens is 316 g/mol. The number of benzene rings is 2. The molecule has 1 saturated carbocycles. The largest absolute Gasteiger partial charge is 0.296 e. The molecule has 5 rings (SSSR count). The Balaban J connectivity index is 0.000000461. The topological polar surface area (TPSA) is 17.8 Å². The summed E-state index contributed by atoms with van der Waals surface area (Å²) in [5.74, 6) is 2.43. The molecule has 2 aliphatic carbocycles. The molecule has 2 nitrogen and oxygen atoms in total. The van der Waals surface area contributed by atoms with Gasteiger partial charge in [0.15, 0.2) is 0 Å². The van der Waals surface area contributed by atoms with Crippen molar-refractivity contribution in [3.63, 3.8) is 0 Å². The standard InChI is InChI=1S/C20H16N2.2C2H6/c1-2-7-14(8-3-1)20-21-17-10-4-5-11-19(17)22(20)18-12-6-9-15-13-16(15)18;2*1-2/h1-12,15-16H,13H2;2*1-2H3. The molecule has 2 unspecified atom stereocenters. The summed E-state index contributed by atoms with van der Waals surface area (Å²) in [6.07, 6.45) is 8.06. The van der Waals surface area contributed by atoms with Crippen molar-refractivity contribution in [2.45, 2.75) is 34.1 Å². The molecule has 1 aromatic heterocycles. The maximum atomic E-state index is 4.91. The van der Waals surface area contributed by atoms with E-state index >= 15 is 0 Å². The lowest BCUT2D eigenvalue weighted by Crippen LogP contribution is -2.04. The summed E-state index contributed by atoms with van der Waals surface area (Å²) in [5, 5.41) is 0. The average molecular weight is 345 g/mol. The van der Waals surface area contributed by atoms with Crippen LogP contribution in [0.5, 0.6) is 0 Å². The van der Waals surface area contributed by atoms with E-state index in [2.05, 4.69) is 77.4 Å². The van der Waals surface area contributed by atoms with Crippen LogP contribution >= 0.6 is 0 Å². The number of fused-ring (bicyclic) bond motifs is 2. The molecule has 0 radical (unpaired) electrons. The predicted octanol–water partition coefficient (Wildman–Crippen LogP) is 6.80. The van der Waals surface area contributed by atoms with Crippen molar-refractivity contribution in [2.24, 2.45) is 11.8 Å². The molecule has 2 heteroatoms. The highest BCUT2D eigenvalue weighted by atomic mass is 15.1. The van der Waals surface area contributed by atoms with Crippen LogP contribution in [0.3, 0.4) is 0 Å². The van der Waals surface area contributed by atoms with E-state index in [-0.39, 0.29) is 0 Å². The minimum absolute atomic E-state index is 0.657. The highest BCUT2D eigenvalue weighted by molar-refractivity contribution is 5.86. The minimum Gasteiger partial charge on any atom is -0.296 e. The Hall–Kier alpha value is -2.61. The fourth-order valence-electron chi connectivity index (χ4n) is 3.50. The fraction of sp³-hybridized carbons (Fsp3) is 0.292. The molecule has 0 bridgehead atoms. The van der Waals surface area contributed by atoms with Crippen LogP contribution in [0.1, 0.15) is 34.1 Å². The van der Waals surface area contributed by atoms with Crippen LogP contribution in [0.4, 0.5) is 0 Å². The first-order valence-corrected chi connectivity index (χ1v) is 9.83. The van der Waals surface area contributed by atoms with Crippen molar-refractivity contribution in [3.8, 4) is 11.4 Å². The lowest BCUT2D eigenvalue weighted by molar-refractivity contribution is 0.920. The van der Waals surface area contributed by atoms with Crippen molar-refractivity contribution in [1.29, 1.82) is 0 Å². The molecule has 26 heavy (non-hydrogen) atoms. The monoisotopic (exact) mass is 344 g/mol. The van der Waals surface area contributed by atoms with E-state index in [0.29, 0.717) is 5.92 Å². The molecule has 2 aromatic carbocycles. The zero-order chi connectivity index (χ0) is 18.5. The zero-order valence-corrected chi connectivity index (χ0v) is 16.2. The molecule has 0 saturated heterocycles. The second-order valence-corrected chi connectivity index (χ2v) is 6.11. The van der Waals surface area contributed by atoms with Gasteiger partial charge >= 0.3 is 0 Å². The second-order valence-electron chi connectivity index (χ2n) is 6.11. The summed E-state index contributed by atoms with van der Waals surface area (Å²) < 4.78 is 2.36. The minimum atomic E-state index is 0.657. The third-order valence-corrected chi connectivity index (χ3v) is 4.70. The van der Waals surface area contributed by atoms with E-state index in [9.17, 15) is 0 Å². The Kier molecular flexibility index (Phi) is 5.72. The van der Waals surface area contributed by atoms with Gasteiger partial charge in [-0.1, -0.05) is 82.3 Å². The Morgan fingerprint density at radius 3 is 2.35 bits per heavy atom. The summed E-state index contributed by atoms with van der Waals surface area (Å²) in [6, 6.07) is 18.9. The molecular formula is C24H28N2. The van der Waals surface area contributed by atoms with Crippen molar-refractivity contribution in [3.05, 3.63) is 72.8 Å². The van der Waals surface area contributed by atoms with Crippen molar-refractivity contribution in [1.82, 2.24) is 9.55 Å². The lowest BCUT2D eigenvalue weighted by atomic mass is 10.1. The van der Waals surface area contributed by atoms with Gasteiger partial charge in [0.05, 0.1) is 11.0 Å². The van der Waals surface area contributed by atoms with E-state index in [1.165, 1.54) is 23.2 Å². The number of hydrogen-bond acceptors (Lipinski definition) is 1. The smallest absolute Gasteiger partial charge is 0.145 e. The summed E-state index contributed by atoms with van der Waals surface area (Å²) in [7, 11) is 0. The van der Waals surface area contributed by atoms with Gasteiger partial charge in [0.1, 0.15) is 5.82 Å². The maximum Gasteiger partial charge on any atom is 0.145 e. The quantitative estimate of drug-likeness (QED) is 0.499. The number of nitrogens with zero attached hydrogens (tertiary/aromatic N) is 2. The SMILES string of the molecule is C1=CC2CC2C(n2c(-c3ccccc3)nc3ccccc32)=C1.CC.CC. The van der Waals surface area contributed by atoms with Gasteiger partial charge in [-0.15, -0.1) is 0 Å². The van der Waals surface area contributed by atoms with Gasteiger partial charge in [0, 0.05) is 17.2 Å². The van der Waals surface area contributed by atoms with Crippen LogP contribution in [-0.2, 0) is 0 Å². The molecule has 3 aromatic rings. The number of hydrogen-bond donors (Lipinski definition) is 0. The number of para-hydroxylation sites is 2.